The van der Waals surface area contributed by atoms with Crippen molar-refractivity contribution in [2.75, 3.05) is 5.88 Å². The summed E-state index contributed by atoms with van der Waals surface area (Å²) in [6.45, 7) is 5.62. The molecule has 1 aromatic rings. The molecule has 0 aromatic heterocycles. The lowest BCUT2D eigenvalue weighted by Gasteiger charge is -2.30. The average molecular weight is 266 g/mol. The molecular formula is C13H18N2O2S. The Morgan fingerprint density at radius 1 is 1.33 bits per heavy atom. The van der Waals surface area contributed by atoms with E-state index in [1.807, 2.05) is 51.1 Å². The van der Waals surface area contributed by atoms with Crippen molar-refractivity contribution in [2.24, 2.45) is 0 Å². The number of benzene rings is 1. The normalized spacial score (nSPS) is 23.9. The SMILES string of the molecule is CC(C)(C)OC(=O)C1(c2ccccc2)NNCS1. The molecule has 0 amide bonds. The van der Waals surface area contributed by atoms with Crippen molar-refractivity contribution in [3.05, 3.63) is 35.9 Å². The van der Waals surface area contributed by atoms with Crippen molar-refractivity contribution < 1.29 is 9.53 Å². The lowest BCUT2D eigenvalue weighted by Crippen LogP contribution is -2.49. The summed E-state index contributed by atoms with van der Waals surface area (Å²) in [5, 5.41) is 0. The number of rotatable bonds is 2. The lowest BCUT2D eigenvalue weighted by molar-refractivity contribution is -0.159. The number of hydrogen-bond donors (Lipinski definition) is 2. The van der Waals surface area contributed by atoms with Gasteiger partial charge in [-0.3, -0.25) is 0 Å². The van der Waals surface area contributed by atoms with Crippen molar-refractivity contribution in [3.8, 4) is 0 Å². The molecule has 5 heteroatoms. The summed E-state index contributed by atoms with van der Waals surface area (Å²) in [5.41, 5.74) is 6.44. The van der Waals surface area contributed by atoms with Crippen molar-refractivity contribution >= 4 is 17.7 Å². The average Bonchev–Trinajstić information content (AvgIpc) is 2.78. The van der Waals surface area contributed by atoms with Gasteiger partial charge in [-0.25, -0.2) is 15.6 Å². The lowest BCUT2D eigenvalue weighted by atomic mass is 10.1. The number of nitrogens with one attached hydrogen (secondary N) is 2. The third-order valence-electron chi connectivity index (χ3n) is 2.49. The topological polar surface area (TPSA) is 50.4 Å². The summed E-state index contributed by atoms with van der Waals surface area (Å²) in [6, 6.07) is 9.62. The Bertz CT molecular complexity index is 422. The highest BCUT2D eigenvalue weighted by Crippen LogP contribution is 2.38. The van der Waals surface area contributed by atoms with Crippen molar-refractivity contribution in [1.29, 1.82) is 0 Å². The third kappa shape index (κ3) is 2.68. The molecule has 1 aromatic carbocycles. The first-order valence-corrected chi connectivity index (χ1v) is 6.86. The number of carbonyl (C=O) groups is 1. The van der Waals surface area contributed by atoms with Gasteiger partial charge in [-0.2, -0.15) is 0 Å². The second-order valence-corrected chi connectivity index (χ2v) is 6.33. The summed E-state index contributed by atoms with van der Waals surface area (Å²) in [6.07, 6.45) is 0. The molecule has 0 aliphatic carbocycles. The fraction of sp³-hybridized carbons (Fsp3) is 0.462. The third-order valence-corrected chi connectivity index (χ3v) is 3.72. The molecule has 4 nitrogen and oxygen atoms in total. The zero-order chi connectivity index (χ0) is 13.2. The molecule has 0 saturated carbocycles. The first-order chi connectivity index (χ1) is 8.44. The van der Waals surface area contributed by atoms with Gasteiger partial charge in [0.25, 0.3) is 0 Å². The minimum atomic E-state index is -0.853. The van der Waals surface area contributed by atoms with Crippen molar-refractivity contribution in [2.45, 2.75) is 31.2 Å². The molecule has 2 N–H and O–H groups in total. The van der Waals surface area contributed by atoms with Gasteiger partial charge in [0.15, 0.2) is 0 Å². The summed E-state index contributed by atoms with van der Waals surface area (Å²) >= 11 is 1.49. The van der Waals surface area contributed by atoms with Crippen molar-refractivity contribution in [3.63, 3.8) is 0 Å². The van der Waals surface area contributed by atoms with Crippen LogP contribution in [0.2, 0.25) is 0 Å². The Morgan fingerprint density at radius 3 is 2.50 bits per heavy atom. The maximum atomic E-state index is 12.4. The molecule has 1 unspecified atom stereocenters. The molecule has 1 fully saturated rings. The van der Waals surface area contributed by atoms with E-state index < -0.39 is 10.5 Å². The summed E-state index contributed by atoms with van der Waals surface area (Å²) in [5.74, 6) is 0.393. The summed E-state index contributed by atoms with van der Waals surface area (Å²) in [7, 11) is 0. The zero-order valence-corrected chi connectivity index (χ0v) is 11.6. The molecule has 98 valence electrons. The Labute approximate surface area is 111 Å². The number of ether oxygens (including phenoxy) is 1. The van der Waals surface area contributed by atoms with Crippen LogP contribution < -0.4 is 10.9 Å². The Kier molecular flexibility index (Phi) is 3.66. The van der Waals surface area contributed by atoms with Crippen LogP contribution in [0, 0.1) is 0 Å². The standard InChI is InChI=1S/C13H18N2O2S/c1-12(2,3)17-11(16)13(15-14-9-18-13)10-7-5-4-6-8-10/h4-8,14-15H,9H2,1-3H3. The fourth-order valence-electron chi connectivity index (χ4n) is 1.75. The highest BCUT2D eigenvalue weighted by molar-refractivity contribution is 8.01. The summed E-state index contributed by atoms with van der Waals surface area (Å²) < 4.78 is 5.52. The van der Waals surface area contributed by atoms with Crippen LogP contribution in [0.15, 0.2) is 30.3 Å². The highest BCUT2D eigenvalue weighted by Gasteiger charge is 2.46. The molecule has 1 heterocycles. The molecule has 0 spiro atoms. The number of hydrogen-bond acceptors (Lipinski definition) is 5. The maximum absolute atomic E-state index is 12.4. The van der Waals surface area contributed by atoms with Crippen molar-refractivity contribution in [1.82, 2.24) is 10.9 Å². The molecular weight excluding hydrogens is 248 g/mol. The highest BCUT2D eigenvalue weighted by atomic mass is 32.2. The first-order valence-electron chi connectivity index (χ1n) is 5.87. The van der Waals surface area contributed by atoms with Gasteiger partial charge in [0, 0.05) is 0 Å². The van der Waals surface area contributed by atoms with Crippen LogP contribution in [0.25, 0.3) is 0 Å². The van der Waals surface area contributed by atoms with Crippen LogP contribution in [0.4, 0.5) is 0 Å². The van der Waals surface area contributed by atoms with E-state index in [1.165, 1.54) is 11.8 Å². The molecule has 1 aliphatic heterocycles. The van der Waals surface area contributed by atoms with E-state index in [0.717, 1.165) is 5.56 Å². The van der Waals surface area contributed by atoms with Gasteiger partial charge >= 0.3 is 5.97 Å². The van der Waals surface area contributed by atoms with Gasteiger partial charge in [-0.15, -0.1) is 11.8 Å². The van der Waals surface area contributed by atoms with Crippen LogP contribution >= 0.6 is 11.8 Å². The Hall–Kier alpha value is -1.04. The van der Waals surface area contributed by atoms with Crippen LogP contribution in [-0.2, 0) is 14.4 Å². The maximum Gasteiger partial charge on any atom is 0.343 e. The minimum Gasteiger partial charge on any atom is -0.458 e. The van der Waals surface area contributed by atoms with E-state index in [2.05, 4.69) is 10.9 Å². The molecule has 2 rings (SSSR count). The number of esters is 1. The predicted molar refractivity (Wildman–Crippen MR) is 72.7 cm³/mol. The monoisotopic (exact) mass is 266 g/mol. The van der Waals surface area contributed by atoms with Gasteiger partial charge in [-0.05, 0) is 26.3 Å². The fourth-order valence-corrected chi connectivity index (χ4v) is 2.71. The number of hydrazine groups is 1. The van der Waals surface area contributed by atoms with Gasteiger partial charge in [-0.1, -0.05) is 30.3 Å². The zero-order valence-electron chi connectivity index (χ0n) is 10.8. The second kappa shape index (κ2) is 4.91. The van der Waals surface area contributed by atoms with Gasteiger partial charge < -0.3 is 4.74 Å². The van der Waals surface area contributed by atoms with Crippen LogP contribution in [0.1, 0.15) is 26.3 Å². The Morgan fingerprint density at radius 2 is 2.00 bits per heavy atom. The van der Waals surface area contributed by atoms with E-state index in [1.54, 1.807) is 0 Å². The van der Waals surface area contributed by atoms with Gasteiger partial charge in [0.2, 0.25) is 4.87 Å². The van der Waals surface area contributed by atoms with Crippen LogP contribution in [-0.4, -0.2) is 17.4 Å². The van der Waals surface area contributed by atoms with E-state index in [9.17, 15) is 4.79 Å². The van der Waals surface area contributed by atoms with E-state index in [-0.39, 0.29) is 5.97 Å². The molecule has 1 aliphatic rings. The predicted octanol–water partition coefficient (Wildman–Crippen LogP) is 1.98. The molecule has 1 atom stereocenters. The van der Waals surface area contributed by atoms with E-state index >= 15 is 0 Å². The quantitative estimate of drug-likeness (QED) is 0.802. The van der Waals surface area contributed by atoms with Gasteiger partial charge in [0.1, 0.15) is 5.60 Å². The molecule has 0 bridgehead atoms. The molecule has 0 radical (unpaired) electrons. The van der Waals surface area contributed by atoms with Crippen LogP contribution in [0.3, 0.4) is 0 Å². The van der Waals surface area contributed by atoms with E-state index in [0.29, 0.717) is 5.88 Å². The Balaban J connectivity index is 2.31. The number of carbonyl (C=O) groups excluding carboxylic acids is 1. The minimum absolute atomic E-state index is 0.267. The molecule has 1 saturated heterocycles. The molecule has 18 heavy (non-hydrogen) atoms. The number of thioether (sulfide) groups is 1. The smallest absolute Gasteiger partial charge is 0.343 e. The van der Waals surface area contributed by atoms with E-state index in [4.69, 9.17) is 4.74 Å². The van der Waals surface area contributed by atoms with Gasteiger partial charge in [0.05, 0.1) is 5.88 Å². The van der Waals surface area contributed by atoms with Crippen LogP contribution in [0.5, 0.6) is 0 Å². The first kappa shape index (κ1) is 13.4. The second-order valence-electron chi connectivity index (χ2n) is 5.14. The summed E-state index contributed by atoms with van der Waals surface area (Å²) in [4.78, 5) is 11.6. The largest absolute Gasteiger partial charge is 0.458 e.